The Morgan fingerprint density at radius 2 is 2.00 bits per heavy atom. The van der Waals surface area contributed by atoms with Gasteiger partial charge in [0.05, 0.1) is 19.6 Å². The Balaban J connectivity index is 3.28. The Bertz CT molecular complexity index is 453. The average Bonchev–Trinajstić information content (AvgIpc) is 2.29. The lowest BCUT2D eigenvalue weighted by atomic mass is 10.0. The number of halogens is 1. The minimum absolute atomic E-state index is 0.0423. The van der Waals surface area contributed by atoms with Crippen LogP contribution in [-0.2, 0) is 16.0 Å². The molecular formula is C14H19ClO3. The molecule has 1 aromatic carbocycles. The fourth-order valence-electron chi connectivity index (χ4n) is 1.75. The van der Waals surface area contributed by atoms with Crippen LogP contribution in [0.3, 0.4) is 0 Å². The molecule has 0 saturated carbocycles. The van der Waals surface area contributed by atoms with E-state index in [-0.39, 0.29) is 18.5 Å². The minimum atomic E-state index is -0.298. The number of aryl methyl sites for hydroxylation is 1. The van der Waals surface area contributed by atoms with Crippen LogP contribution in [0.15, 0.2) is 6.07 Å². The molecule has 1 aromatic rings. The molecule has 0 heterocycles. The molecule has 0 amide bonds. The maximum Gasteiger partial charge on any atom is 0.310 e. The van der Waals surface area contributed by atoms with Crippen LogP contribution < -0.4 is 4.74 Å². The smallest absolute Gasteiger partial charge is 0.310 e. The highest BCUT2D eigenvalue weighted by Crippen LogP contribution is 2.33. The summed E-state index contributed by atoms with van der Waals surface area (Å²) in [5.74, 6) is 0.436. The number of rotatable bonds is 4. The van der Waals surface area contributed by atoms with Crippen LogP contribution in [0, 0.1) is 13.8 Å². The molecule has 0 unspecified atom stereocenters. The highest BCUT2D eigenvalue weighted by Gasteiger charge is 2.18. The van der Waals surface area contributed by atoms with Crippen LogP contribution in [0.4, 0.5) is 0 Å². The van der Waals surface area contributed by atoms with Crippen molar-refractivity contribution in [2.45, 2.75) is 40.2 Å². The molecule has 0 aromatic heterocycles. The van der Waals surface area contributed by atoms with Gasteiger partial charge in [-0.2, -0.15) is 0 Å². The largest absolute Gasteiger partial charge is 0.490 e. The van der Waals surface area contributed by atoms with Crippen molar-refractivity contribution in [1.82, 2.24) is 0 Å². The molecule has 1 rings (SSSR count). The van der Waals surface area contributed by atoms with Gasteiger partial charge in [-0.05, 0) is 44.9 Å². The second kappa shape index (κ2) is 6.10. The van der Waals surface area contributed by atoms with E-state index in [1.807, 2.05) is 33.8 Å². The average molecular weight is 271 g/mol. The zero-order valence-corrected chi connectivity index (χ0v) is 12.2. The monoisotopic (exact) mass is 270 g/mol. The van der Waals surface area contributed by atoms with Gasteiger partial charge >= 0.3 is 5.97 Å². The first kappa shape index (κ1) is 14.8. The summed E-state index contributed by atoms with van der Waals surface area (Å²) < 4.78 is 10.5. The summed E-state index contributed by atoms with van der Waals surface area (Å²) in [5.41, 5.74) is 2.60. The summed E-state index contributed by atoms with van der Waals surface area (Å²) >= 11 is 6.15. The fraction of sp³-hybridized carbons (Fsp3) is 0.500. The van der Waals surface area contributed by atoms with E-state index in [2.05, 4.69) is 0 Å². The van der Waals surface area contributed by atoms with E-state index < -0.39 is 0 Å². The van der Waals surface area contributed by atoms with Gasteiger partial charge in [-0.25, -0.2) is 0 Å². The lowest BCUT2D eigenvalue weighted by Crippen LogP contribution is -2.13. The van der Waals surface area contributed by atoms with Crippen LogP contribution >= 0.6 is 11.6 Å². The first-order chi connectivity index (χ1) is 8.36. The number of methoxy groups -OCH3 is 1. The van der Waals surface area contributed by atoms with Gasteiger partial charge in [-0.1, -0.05) is 11.6 Å². The van der Waals surface area contributed by atoms with Crippen molar-refractivity contribution in [1.29, 1.82) is 0 Å². The minimum Gasteiger partial charge on any atom is -0.490 e. The van der Waals surface area contributed by atoms with Gasteiger partial charge in [-0.15, -0.1) is 0 Å². The number of hydrogen-bond donors (Lipinski definition) is 0. The summed E-state index contributed by atoms with van der Waals surface area (Å²) in [6.45, 7) is 7.70. The molecule has 100 valence electrons. The highest BCUT2D eigenvalue weighted by atomic mass is 35.5. The molecule has 0 saturated heterocycles. The van der Waals surface area contributed by atoms with Crippen molar-refractivity contribution in [3.8, 4) is 5.75 Å². The number of ether oxygens (including phenoxy) is 2. The SMILES string of the molecule is COC(=O)Cc1c(C)c(Cl)cc(C)c1OC(C)C. The zero-order valence-electron chi connectivity index (χ0n) is 11.5. The van der Waals surface area contributed by atoms with Crippen LogP contribution in [0.5, 0.6) is 5.75 Å². The first-order valence-electron chi connectivity index (χ1n) is 5.88. The number of carbonyl (C=O) groups is 1. The van der Waals surface area contributed by atoms with Gasteiger partial charge in [0.1, 0.15) is 5.75 Å². The van der Waals surface area contributed by atoms with Gasteiger partial charge in [0.2, 0.25) is 0 Å². The van der Waals surface area contributed by atoms with E-state index in [4.69, 9.17) is 21.1 Å². The molecule has 18 heavy (non-hydrogen) atoms. The molecule has 0 aliphatic rings. The molecular weight excluding hydrogens is 252 g/mol. The molecule has 0 N–H and O–H groups in total. The summed E-state index contributed by atoms with van der Waals surface area (Å²) in [4.78, 5) is 11.5. The molecule has 4 heteroatoms. The maximum absolute atomic E-state index is 11.5. The summed E-state index contributed by atoms with van der Waals surface area (Å²) in [7, 11) is 1.37. The van der Waals surface area contributed by atoms with Crippen molar-refractivity contribution < 1.29 is 14.3 Å². The lowest BCUT2D eigenvalue weighted by Gasteiger charge is -2.19. The highest BCUT2D eigenvalue weighted by molar-refractivity contribution is 6.31. The van der Waals surface area contributed by atoms with E-state index in [9.17, 15) is 4.79 Å². The van der Waals surface area contributed by atoms with Crippen LogP contribution in [0.2, 0.25) is 5.02 Å². The Morgan fingerprint density at radius 1 is 1.39 bits per heavy atom. The van der Waals surface area contributed by atoms with Crippen molar-refractivity contribution >= 4 is 17.6 Å². The first-order valence-corrected chi connectivity index (χ1v) is 6.26. The van der Waals surface area contributed by atoms with E-state index in [1.54, 1.807) is 0 Å². The maximum atomic E-state index is 11.5. The zero-order chi connectivity index (χ0) is 13.9. The van der Waals surface area contributed by atoms with Crippen LogP contribution in [0.25, 0.3) is 0 Å². The quantitative estimate of drug-likeness (QED) is 0.786. The molecule has 0 atom stereocenters. The number of hydrogen-bond acceptors (Lipinski definition) is 3. The summed E-state index contributed by atoms with van der Waals surface area (Å²) in [5, 5.41) is 0.641. The number of benzene rings is 1. The van der Waals surface area contributed by atoms with E-state index in [1.165, 1.54) is 7.11 Å². The van der Waals surface area contributed by atoms with Gasteiger partial charge in [0, 0.05) is 10.6 Å². The molecule has 3 nitrogen and oxygen atoms in total. The van der Waals surface area contributed by atoms with Crippen molar-refractivity contribution in [3.63, 3.8) is 0 Å². The third-order valence-corrected chi connectivity index (χ3v) is 3.08. The molecule has 0 spiro atoms. The second-order valence-corrected chi connectivity index (χ2v) is 4.93. The third-order valence-electron chi connectivity index (χ3n) is 2.69. The van der Waals surface area contributed by atoms with Crippen molar-refractivity contribution in [3.05, 3.63) is 27.8 Å². The van der Waals surface area contributed by atoms with Crippen LogP contribution in [0.1, 0.15) is 30.5 Å². The molecule has 0 radical (unpaired) electrons. The molecule has 0 bridgehead atoms. The van der Waals surface area contributed by atoms with Gasteiger partial charge in [0.25, 0.3) is 0 Å². The van der Waals surface area contributed by atoms with Gasteiger partial charge in [-0.3, -0.25) is 4.79 Å². The Kier molecular flexibility index (Phi) is 5.03. The Labute approximate surface area is 113 Å². The molecule has 0 aliphatic carbocycles. The normalized spacial score (nSPS) is 10.6. The topological polar surface area (TPSA) is 35.5 Å². The van der Waals surface area contributed by atoms with E-state index >= 15 is 0 Å². The fourth-order valence-corrected chi connectivity index (χ4v) is 2.02. The molecule has 0 fully saturated rings. The van der Waals surface area contributed by atoms with Crippen molar-refractivity contribution in [2.75, 3.05) is 7.11 Å². The standard InChI is InChI=1S/C14H19ClO3/c1-8(2)18-14-9(3)6-12(15)10(4)11(14)7-13(16)17-5/h6,8H,7H2,1-5H3. The van der Waals surface area contributed by atoms with Crippen LogP contribution in [-0.4, -0.2) is 19.2 Å². The third kappa shape index (κ3) is 3.39. The predicted octanol–water partition coefficient (Wildman–Crippen LogP) is 3.46. The van der Waals surface area contributed by atoms with Gasteiger partial charge in [0.15, 0.2) is 0 Å². The van der Waals surface area contributed by atoms with E-state index in [0.717, 1.165) is 22.4 Å². The summed E-state index contributed by atoms with van der Waals surface area (Å²) in [6, 6.07) is 1.86. The second-order valence-electron chi connectivity index (χ2n) is 4.53. The Morgan fingerprint density at radius 3 is 2.50 bits per heavy atom. The van der Waals surface area contributed by atoms with E-state index in [0.29, 0.717) is 5.02 Å². The predicted molar refractivity (Wildman–Crippen MR) is 72.4 cm³/mol. The number of esters is 1. The molecule has 0 aliphatic heterocycles. The summed E-state index contributed by atoms with van der Waals surface area (Å²) in [6.07, 6.45) is 0.215. The number of carbonyl (C=O) groups excluding carboxylic acids is 1. The van der Waals surface area contributed by atoms with Gasteiger partial charge < -0.3 is 9.47 Å². The lowest BCUT2D eigenvalue weighted by molar-refractivity contribution is -0.139. The Hall–Kier alpha value is -1.22. The van der Waals surface area contributed by atoms with Crippen molar-refractivity contribution in [2.24, 2.45) is 0 Å².